The summed E-state index contributed by atoms with van der Waals surface area (Å²) in [5.41, 5.74) is -0.0784. The largest absolute Gasteiger partial charge is 0.507 e. The number of carbonyl (C=O) groups is 1. The predicted molar refractivity (Wildman–Crippen MR) is 64.9 cm³/mol. The van der Waals surface area contributed by atoms with Gasteiger partial charge in [-0.25, -0.2) is 4.39 Å². The van der Waals surface area contributed by atoms with Crippen LogP contribution in [0.15, 0.2) is 18.2 Å². The van der Waals surface area contributed by atoms with E-state index in [0.29, 0.717) is 6.54 Å². The zero-order chi connectivity index (χ0) is 12.8. The van der Waals surface area contributed by atoms with Crippen LogP contribution >= 0.6 is 11.6 Å². The molecule has 17 heavy (non-hydrogen) atoms. The van der Waals surface area contributed by atoms with Crippen LogP contribution in [0.25, 0.3) is 0 Å². The number of hydrogen-bond donors (Lipinski definition) is 2. The van der Waals surface area contributed by atoms with E-state index in [1.165, 1.54) is 0 Å². The maximum atomic E-state index is 12.9. The van der Waals surface area contributed by atoms with Gasteiger partial charge in [-0.3, -0.25) is 4.79 Å². The van der Waals surface area contributed by atoms with Crippen molar-refractivity contribution in [2.75, 3.05) is 6.54 Å². The molecule has 0 fully saturated rings. The highest BCUT2D eigenvalue weighted by Crippen LogP contribution is 2.17. The van der Waals surface area contributed by atoms with Gasteiger partial charge in [-0.15, -0.1) is 11.6 Å². The molecule has 1 unspecified atom stereocenters. The number of carbonyl (C=O) groups excluding carboxylic acids is 1. The number of halogens is 2. The first-order chi connectivity index (χ1) is 8.04. The molecule has 2 N–H and O–H groups in total. The summed E-state index contributed by atoms with van der Waals surface area (Å²) >= 11 is 5.93. The van der Waals surface area contributed by atoms with Crippen molar-refractivity contribution in [2.45, 2.75) is 25.1 Å². The Morgan fingerprint density at radius 2 is 2.29 bits per heavy atom. The Hall–Kier alpha value is -1.29. The standard InChI is InChI=1S/C12H15ClFNO2/c1-2-3-8(13)7-15-12(17)10-6-9(14)4-5-11(10)16/h4-6,8,16H,2-3,7H2,1H3,(H,15,17). The summed E-state index contributed by atoms with van der Waals surface area (Å²) in [6, 6.07) is 3.23. The lowest BCUT2D eigenvalue weighted by Crippen LogP contribution is -2.29. The highest BCUT2D eigenvalue weighted by molar-refractivity contribution is 6.20. The van der Waals surface area contributed by atoms with Crippen molar-refractivity contribution in [2.24, 2.45) is 0 Å². The lowest BCUT2D eigenvalue weighted by Gasteiger charge is -2.10. The van der Waals surface area contributed by atoms with Gasteiger partial charge in [0, 0.05) is 6.54 Å². The zero-order valence-electron chi connectivity index (χ0n) is 9.54. The van der Waals surface area contributed by atoms with E-state index in [9.17, 15) is 14.3 Å². The van der Waals surface area contributed by atoms with E-state index in [1.54, 1.807) is 0 Å². The molecule has 94 valence electrons. The molecule has 1 rings (SSSR count). The third kappa shape index (κ3) is 4.23. The Balaban J connectivity index is 2.61. The zero-order valence-corrected chi connectivity index (χ0v) is 10.3. The van der Waals surface area contributed by atoms with Gasteiger partial charge in [0.25, 0.3) is 5.91 Å². The number of alkyl halides is 1. The maximum Gasteiger partial charge on any atom is 0.255 e. The molecule has 1 amide bonds. The monoisotopic (exact) mass is 259 g/mol. The van der Waals surface area contributed by atoms with Crippen molar-refractivity contribution in [3.05, 3.63) is 29.6 Å². The summed E-state index contributed by atoms with van der Waals surface area (Å²) in [6.45, 7) is 2.29. The van der Waals surface area contributed by atoms with E-state index in [4.69, 9.17) is 11.6 Å². The number of aromatic hydroxyl groups is 1. The topological polar surface area (TPSA) is 49.3 Å². The van der Waals surface area contributed by atoms with Gasteiger partial charge in [0.15, 0.2) is 0 Å². The first-order valence-electron chi connectivity index (χ1n) is 5.45. The quantitative estimate of drug-likeness (QED) is 0.799. The fourth-order valence-corrected chi connectivity index (χ4v) is 1.70. The predicted octanol–water partition coefficient (Wildman–Crippen LogP) is 2.67. The molecular weight excluding hydrogens is 245 g/mol. The first kappa shape index (κ1) is 13.8. The van der Waals surface area contributed by atoms with Crippen LogP contribution in [0.4, 0.5) is 4.39 Å². The minimum absolute atomic E-state index is 0.0784. The Kier molecular flexibility index (Phi) is 5.22. The van der Waals surface area contributed by atoms with E-state index in [2.05, 4.69) is 5.32 Å². The number of phenols is 1. The van der Waals surface area contributed by atoms with Gasteiger partial charge in [0.05, 0.1) is 10.9 Å². The van der Waals surface area contributed by atoms with Gasteiger partial charge in [0.2, 0.25) is 0 Å². The lowest BCUT2D eigenvalue weighted by molar-refractivity contribution is 0.0950. The Morgan fingerprint density at radius 1 is 1.59 bits per heavy atom. The van der Waals surface area contributed by atoms with E-state index in [0.717, 1.165) is 31.0 Å². The van der Waals surface area contributed by atoms with Crippen molar-refractivity contribution in [3.8, 4) is 5.75 Å². The SMILES string of the molecule is CCCC(Cl)CNC(=O)c1cc(F)ccc1O. The maximum absolute atomic E-state index is 12.9. The molecule has 5 heteroatoms. The smallest absolute Gasteiger partial charge is 0.255 e. The van der Waals surface area contributed by atoms with Gasteiger partial charge >= 0.3 is 0 Å². The van der Waals surface area contributed by atoms with Crippen LogP contribution in [-0.4, -0.2) is 22.9 Å². The number of rotatable bonds is 5. The van der Waals surface area contributed by atoms with E-state index in [-0.39, 0.29) is 16.7 Å². The lowest BCUT2D eigenvalue weighted by atomic mass is 10.1. The molecule has 0 spiro atoms. The molecule has 1 aromatic rings. The summed E-state index contributed by atoms with van der Waals surface area (Å²) in [5, 5.41) is 11.8. The van der Waals surface area contributed by atoms with Gasteiger partial charge in [0.1, 0.15) is 11.6 Å². The van der Waals surface area contributed by atoms with Crippen molar-refractivity contribution in [3.63, 3.8) is 0 Å². The fourth-order valence-electron chi connectivity index (χ4n) is 1.40. The van der Waals surface area contributed by atoms with Crippen LogP contribution in [0.2, 0.25) is 0 Å². The average molecular weight is 260 g/mol. The Labute approximate surface area is 105 Å². The normalized spacial score (nSPS) is 12.2. The number of nitrogens with one attached hydrogen (secondary N) is 1. The molecule has 1 aromatic carbocycles. The molecule has 0 heterocycles. The van der Waals surface area contributed by atoms with Crippen LogP contribution in [0.3, 0.4) is 0 Å². The fraction of sp³-hybridized carbons (Fsp3) is 0.417. The van der Waals surface area contributed by atoms with Crippen LogP contribution in [0.5, 0.6) is 5.75 Å². The summed E-state index contributed by atoms with van der Waals surface area (Å²) < 4.78 is 12.9. The highest BCUT2D eigenvalue weighted by Gasteiger charge is 2.13. The molecule has 0 aromatic heterocycles. The minimum Gasteiger partial charge on any atom is -0.507 e. The Bertz CT molecular complexity index is 398. The number of amides is 1. The number of hydrogen-bond acceptors (Lipinski definition) is 2. The summed E-state index contributed by atoms with van der Waals surface area (Å²) in [4.78, 5) is 11.6. The number of benzene rings is 1. The van der Waals surface area contributed by atoms with Crippen molar-refractivity contribution < 1.29 is 14.3 Å². The molecule has 0 saturated heterocycles. The summed E-state index contributed by atoms with van der Waals surface area (Å²) in [7, 11) is 0. The molecule has 0 aliphatic carbocycles. The van der Waals surface area contributed by atoms with Crippen LogP contribution in [0, 0.1) is 5.82 Å². The third-order valence-corrected chi connectivity index (χ3v) is 2.66. The van der Waals surface area contributed by atoms with Crippen LogP contribution in [-0.2, 0) is 0 Å². The Morgan fingerprint density at radius 3 is 2.94 bits per heavy atom. The van der Waals surface area contributed by atoms with E-state index >= 15 is 0 Å². The van der Waals surface area contributed by atoms with Crippen molar-refractivity contribution in [1.29, 1.82) is 0 Å². The van der Waals surface area contributed by atoms with Gasteiger partial charge < -0.3 is 10.4 Å². The number of phenolic OH excluding ortho intramolecular Hbond substituents is 1. The first-order valence-corrected chi connectivity index (χ1v) is 5.89. The highest BCUT2D eigenvalue weighted by atomic mass is 35.5. The van der Waals surface area contributed by atoms with E-state index < -0.39 is 11.7 Å². The van der Waals surface area contributed by atoms with Gasteiger partial charge in [-0.05, 0) is 24.6 Å². The van der Waals surface area contributed by atoms with E-state index in [1.807, 2.05) is 6.92 Å². The molecule has 3 nitrogen and oxygen atoms in total. The van der Waals surface area contributed by atoms with Crippen molar-refractivity contribution in [1.82, 2.24) is 5.32 Å². The molecule has 1 atom stereocenters. The summed E-state index contributed by atoms with van der Waals surface area (Å²) in [6.07, 6.45) is 1.71. The van der Waals surface area contributed by atoms with Crippen LogP contribution < -0.4 is 5.32 Å². The molecular formula is C12H15ClFNO2. The second-order valence-corrected chi connectivity index (χ2v) is 4.37. The second kappa shape index (κ2) is 6.45. The molecule has 0 radical (unpaired) electrons. The van der Waals surface area contributed by atoms with Gasteiger partial charge in [-0.2, -0.15) is 0 Å². The molecule has 0 aliphatic rings. The third-order valence-electron chi connectivity index (χ3n) is 2.29. The second-order valence-electron chi connectivity index (χ2n) is 3.76. The minimum atomic E-state index is -0.566. The van der Waals surface area contributed by atoms with Crippen molar-refractivity contribution >= 4 is 17.5 Å². The molecule has 0 aliphatic heterocycles. The average Bonchev–Trinajstić information content (AvgIpc) is 2.29. The molecule has 0 saturated carbocycles. The molecule has 0 bridgehead atoms. The van der Waals surface area contributed by atoms with Crippen LogP contribution in [0.1, 0.15) is 30.1 Å². The van der Waals surface area contributed by atoms with Gasteiger partial charge in [-0.1, -0.05) is 13.3 Å². The summed E-state index contributed by atoms with van der Waals surface area (Å²) in [5.74, 6) is -1.34.